The van der Waals surface area contributed by atoms with E-state index in [1.165, 1.54) is 19.1 Å². The van der Waals surface area contributed by atoms with Gasteiger partial charge in [-0.2, -0.15) is 13.2 Å². The number of H-pyrrole nitrogens is 1. The van der Waals surface area contributed by atoms with Crippen LogP contribution in [0.4, 0.5) is 19.1 Å². The third-order valence-electron chi connectivity index (χ3n) is 4.88. The van der Waals surface area contributed by atoms with Crippen LogP contribution in [-0.2, 0) is 20.8 Å². The van der Waals surface area contributed by atoms with Crippen LogP contribution in [0.25, 0.3) is 10.9 Å². The molecule has 3 aromatic rings. The molecule has 0 amide bonds. The van der Waals surface area contributed by atoms with Gasteiger partial charge in [-0.15, -0.1) is 0 Å². The normalized spacial score (nSPS) is 13.3. The summed E-state index contributed by atoms with van der Waals surface area (Å²) in [7, 11) is -3.40. The van der Waals surface area contributed by atoms with E-state index in [2.05, 4.69) is 25.0 Å². The average Bonchev–Trinajstić information content (AvgIpc) is 3.13. The molecule has 0 saturated heterocycles. The van der Waals surface area contributed by atoms with E-state index in [1.807, 2.05) is 13.8 Å². The number of carbonyl (C=O) groups is 1. The van der Waals surface area contributed by atoms with Gasteiger partial charge in [0.2, 0.25) is 5.95 Å². The van der Waals surface area contributed by atoms with Gasteiger partial charge in [-0.25, -0.2) is 23.2 Å². The van der Waals surface area contributed by atoms with Crippen molar-refractivity contribution >= 4 is 32.7 Å². The zero-order chi connectivity index (χ0) is 24.6. The van der Waals surface area contributed by atoms with Gasteiger partial charge >= 0.3 is 12.1 Å². The van der Waals surface area contributed by atoms with E-state index in [4.69, 9.17) is 0 Å². The van der Waals surface area contributed by atoms with E-state index in [0.717, 1.165) is 17.8 Å². The Kier molecular flexibility index (Phi) is 6.68. The van der Waals surface area contributed by atoms with Crippen molar-refractivity contribution in [1.82, 2.24) is 15.0 Å². The third-order valence-corrected chi connectivity index (χ3v) is 5.99. The molecule has 1 aromatic carbocycles. The van der Waals surface area contributed by atoms with Crippen LogP contribution in [0.3, 0.4) is 0 Å². The van der Waals surface area contributed by atoms with Crippen LogP contribution in [0.2, 0.25) is 0 Å². The van der Waals surface area contributed by atoms with Gasteiger partial charge in [0.1, 0.15) is 5.56 Å². The second kappa shape index (κ2) is 9.00. The van der Waals surface area contributed by atoms with Crippen LogP contribution < -0.4 is 5.32 Å². The number of ether oxygens (including phenoxy) is 1. The van der Waals surface area contributed by atoms with E-state index in [-0.39, 0.29) is 23.4 Å². The number of nitrogens with one attached hydrogen (secondary N) is 2. The van der Waals surface area contributed by atoms with Gasteiger partial charge in [0.25, 0.3) is 0 Å². The number of hydrogen-bond acceptors (Lipinski definition) is 7. The standard InChI is InChI=1S/C21H23F3N4O4S/c1-5-32-19(29)14-10-25-20(28-18(14)21(22,23)24)27-17(11(2)3)16-8-12-6-7-13(33(4,30)31)9-15(12)26-16/h6-11,17,26H,5H2,1-4H3,(H,25,27,28). The molecule has 0 spiro atoms. The molecule has 2 aromatic heterocycles. The Bertz CT molecular complexity index is 1290. The topological polar surface area (TPSA) is 114 Å². The number of sulfone groups is 1. The van der Waals surface area contributed by atoms with Gasteiger partial charge in [-0.1, -0.05) is 19.9 Å². The Labute approximate surface area is 188 Å². The fourth-order valence-electron chi connectivity index (χ4n) is 3.30. The third kappa shape index (κ3) is 5.44. The summed E-state index contributed by atoms with van der Waals surface area (Å²) in [6.45, 7) is 5.09. The smallest absolute Gasteiger partial charge is 0.434 e. The number of hydrogen-bond donors (Lipinski definition) is 2. The molecule has 0 aliphatic rings. The van der Waals surface area contributed by atoms with E-state index in [1.54, 1.807) is 12.1 Å². The molecular weight excluding hydrogens is 461 g/mol. The van der Waals surface area contributed by atoms with Gasteiger partial charge in [0, 0.05) is 23.7 Å². The highest BCUT2D eigenvalue weighted by Crippen LogP contribution is 2.33. The second-order valence-corrected chi connectivity index (χ2v) is 9.80. The van der Waals surface area contributed by atoms with Crippen LogP contribution in [-0.4, -0.2) is 42.2 Å². The highest BCUT2D eigenvalue weighted by Gasteiger charge is 2.39. The number of alkyl halides is 3. The second-order valence-electron chi connectivity index (χ2n) is 7.79. The number of carbonyl (C=O) groups excluding carboxylic acids is 1. The molecular formula is C21H23F3N4O4S. The van der Waals surface area contributed by atoms with Crippen molar-refractivity contribution < 1.29 is 31.1 Å². The van der Waals surface area contributed by atoms with E-state index >= 15 is 0 Å². The van der Waals surface area contributed by atoms with Crippen LogP contribution >= 0.6 is 0 Å². The number of fused-ring (bicyclic) bond motifs is 1. The molecule has 178 valence electrons. The minimum absolute atomic E-state index is 0.0903. The first kappa shape index (κ1) is 24.5. The first-order valence-corrected chi connectivity index (χ1v) is 11.9. The molecule has 3 rings (SSSR count). The van der Waals surface area contributed by atoms with Crippen LogP contribution in [0.1, 0.15) is 48.6 Å². The summed E-state index contributed by atoms with van der Waals surface area (Å²) in [6, 6.07) is 5.87. The maximum Gasteiger partial charge on any atom is 0.434 e. The Morgan fingerprint density at radius 2 is 1.94 bits per heavy atom. The summed E-state index contributed by atoms with van der Waals surface area (Å²) in [4.78, 5) is 22.6. The highest BCUT2D eigenvalue weighted by atomic mass is 32.2. The van der Waals surface area contributed by atoms with Crippen molar-refractivity contribution in [2.75, 3.05) is 18.2 Å². The number of anilines is 1. The average molecular weight is 485 g/mol. The number of benzene rings is 1. The number of nitrogens with zero attached hydrogens (tertiary/aromatic N) is 2. The number of esters is 1. The molecule has 1 atom stereocenters. The van der Waals surface area contributed by atoms with Crippen molar-refractivity contribution in [3.63, 3.8) is 0 Å². The van der Waals surface area contributed by atoms with Crippen LogP contribution in [0.15, 0.2) is 35.4 Å². The molecule has 0 aliphatic carbocycles. The Morgan fingerprint density at radius 3 is 2.52 bits per heavy atom. The number of aromatic amines is 1. The molecule has 12 heteroatoms. The van der Waals surface area contributed by atoms with Gasteiger partial charge < -0.3 is 15.0 Å². The van der Waals surface area contributed by atoms with E-state index in [9.17, 15) is 26.4 Å². The summed E-state index contributed by atoms with van der Waals surface area (Å²) in [6.07, 6.45) is -3.00. The molecule has 0 saturated carbocycles. The van der Waals surface area contributed by atoms with Gasteiger partial charge in [-0.05, 0) is 36.4 Å². The Morgan fingerprint density at radius 1 is 1.24 bits per heavy atom. The largest absolute Gasteiger partial charge is 0.462 e. The predicted molar refractivity (Wildman–Crippen MR) is 116 cm³/mol. The van der Waals surface area contributed by atoms with Gasteiger partial charge in [0.15, 0.2) is 15.5 Å². The number of halogens is 3. The summed E-state index contributed by atoms with van der Waals surface area (Å²) in [5.41, 5.74) is -0.988. The van der Waals surface area contributed by atoms with Crippen molar-refractivity contribution in [1.29, 1.82) is 0 Å². The Balaban J connectivity index is 2.00. The molecule has 0 fully saturated rings. The molecule has 1 unspecified atom stereocenters. The van der Waals surface area contributed by atoms with Crippen molar-refractivity contribution in [3.8, 4) is 0 Å². The molecule has 0 radical (unpaired) electrons. The minimum atomic E-state index is -4.89. The lowest BCUT2D eigenvalue weighted by Gasteiger charge is -2.22. The van der Waals surface area contributed by atoms with Gasteiger partial charge in [0.05, 0.1) is 17.5 Å². The summed E-state index contributed by atoms with van der Waals surface area (Å²) in [5.74, 6) is -1.59. The lowest BCUT2D eigenvalue weighted by molar-refractivity contribution is -0.141. The molecule has 2 N–H and O–H groups in total. The molecule has 33 heavy (non-hydrogen) atoms. The zero-order valence-corrected chi connectivity index (χ0v) is 19.1. The van der Waals surface area contributed by atoms with Gasteiger partial charge in [-0.3, -0.25) is 0 Å². The molecule has 0 aliphatic heterocycles. The van der Waals surface area contributed by atoms with E-state index < -0.39 is 39.3 Å². The van der Waals surface area contributed by atoms with Crippen LogP contribution in [0, 0.1) is 5.92 Å². The zero-order valence-electron chi connectivity index (χ0n) is 18.3. The first-order valence-electron chi connectivity index (χ1n) is 10.0. The lowest BCUT2D eigenvalue weighted by Crippen LogP contribution is -2.22. The first-order chi connectivity index (χ1) is 15.3. The summed E-state index contributed by atoms with van der Waals surface area (Å²) >= 11 is 0. The fourth-order valence-corrected chi connectivity index (χ4v) is 3.94. The van der Waals surface area contributed by atoms with Crippen molar-refractivity contribution in [3.05, 3.63) is 47.4 Å². The molecule has 8 nitrogen and oxygen atoms in total. The van der Waals surface area contributed by atoms with Crippen molar-refractivity contribution in [2.24, 2.45) is 5.92 Å². The highest BCUT2D eigenvalue weighted by molar-refractivity contribution is 7.90. The maximum absolute atomic E-state index is 13.5. The maximum atomic E-state index is 13.5. The summed E-state index contributed by atoms with van der Waals surface area (Å²) < 4.78 is 69.0. The SMILES string of the molecule is CCOC(=O)c1cnc(NC(c2cc3ccc(S(C)(=O)=O)cc3[nH]2)C(C)C)nc1C(F)(F)F. The fraction of sp³-hybridized carbons (Fsp3) is 0.381. The van der Waals surface area contributed by atoms with Crippen molar-refractivity contribution in [2.45, 2.75) is 37.9 Å². The minimum Gasteiger partial charge on any atom is -0.462 e. The molecule has 2 heterocycles. The predicted octanol–water partition coefficient (Wildman–Crippen LogP) is 4.37. The quantitative estimate of drug-likeness (QED) is 0.479. The monoisotopic (exact) mass is 484 g/mol. The van der Waals surface area contributed by atoms with Crippen LogP contribution in [0.5, 0.6) is 0 Å². The van der Waals surface area contributed by atoms with E-state index in [0.29, 0.717) is 11.2 Å². The number of rotatable bonds is 7. The molecule has 0 bridgehead atoms. The number of aromatic nitrogens is 3. The Hall–Kier alpha value is -3.15. The lowest BCUT2D eigenvalue weighted by atomic mass is 10.0. The summed E-state index contributed by atoms with van der Waals surface area (Å²) in [5, 5.41) is 3.62.